The second-order valence-corrected chi connectivity index (χ2v) is 7.81. The number of sulfonamides is 1. The number of thiophene rings is 1. The number of hydrogen-bond donors (Lipinski definition) is 2. The molecule has 1 aliphatic heterocycles. The predicted octanol–water partition coefficient (Wildman–Crippen LogP) is 1.40. The molecule has 1 aliphatic rings. The molecule has 10 heteroatoms. The van der Waals surface area contributed by atoms with Gasteiger partial charge in [-0.25, -0.2) is 13.1 Å². The number of nitrogens with zero attached hydrogens (tertiary/aromatic N) is 1. The van der Waals surface area contributed by atoms with Gasteiger partial charge >= 0.3 is 5.69 Å². The molecule has 0 aliphatic carbocycles. The quantitative estimate of drug-likeness (QED) is 0.600. The zero-order chi connectivity index (χ0) is 15.6. The van der Waals surface area contributed by atoms with Crippen molar-refractivity contribution in [2.75, 3.05) is 25.5 Å². The predicted molar refractivity (Wildman–Crippen MR) is 79.2 cm³/mol. The summed E-state index contributed by atoms with van der Waals surface area (Å²) in [5.41, 5.74) is -0.236. The average Bonchev–Trinajstić information content (AvgIpc) is 3.02. The lowest BCUT2D eigenvalue weighted by atomic mass is 10.0. The minimum Gasteiger partial charge on any atom is -0.378 e. The van der Waals surface area contributed by atoms with Gasteiger partial charge in [-0.3, -0.25) is 10.1 Å². The zero-order valence-corrected chi connectivity index (χ0v) is 13.3. The molecule has 0 aromatic carbocycles. The third-order valence-electron chi connectivity index (χ3n) is 3.45. The summed E-state index contributed by atoms with van der Waals surface area (Å²) in [6.45, 7) is 2.80. The Morgan fingerprint density at radius 1 is 1.57 bits per heavy atom. The van der Waals surface area contributed by atoms with Crippen molar-refractivity contribution in [1.29, 1.82) is 0 Å². The van der Waals surface area contributed by atoms with Gasteiger partial charge in [0.15, 0.2) is 5.00 Å². The maximum atomic E-state index is 12.2. The smallest absolute Gasteiger partial charge is 0.304 e. The van der Waals surface area contributed by atoms with Gasteiger partial charge in [0.25, 0.3) is 0 Å². The minimum atomic E-state index is -3.75. The molecular formula is C11H17N3O5S2. The number of nitro groups is 1. The van der Waals surface area contributed by atoms with Crippen LogP contribution in [0.1, 0.15) is 13.3 Å². The van der Waals surface area contributed by atoms with Crippen molar-refractivity contribution in [2.24, 2.45) is 5.92 Å². The first-order valence-electron chi connectivity index (χ1n) is 6.42. The van der Waals surface area contributed by atoms with Gasteiger partial charge in [0.2, 0.25) is 10.0 Å². The average molecular weight is 335 g/mol. The molecule has 2 heterocycles. The van der Waals surface area contributed by atoms with Gasteiger partial charge < -0.3 is 10.1 Å². The molecular weight excluding hydrogens is 318 g/mol. The number of rotatable bonds is 6. The van der Waals surface area contributed by atoms with E-state index in [4.69, 9.17) is 4.74 Å². The van der Waals surface area contributed by atoms with E-state index in [1.54, 1.807) is 0 Å². The lowest BCUT2D eigenvalue weighted by Gasteiger charge is -2.14. The molecule has 0 spiro atoms. The van der Waals surface area contributed by atoms with Gasteiger partial charge in [0.05, 0.1) is 11.0 Å². The lowest BCUT2D eigenvalue weighted by molar-refractivity contribution is -0.383. The molecule has 2 rings (SSSR count). The van der Waals surface area contributed by atoms with Crippen LogP contribution in [0, 0.1) is 16.0 Å². The number of ether oxygens (including phenoxy) is 1. The first kappa shape index (κ1) is 16.1. The third kappa shape index (κ3) is 3.51. The van der Waals surface area contributed by atoms with Crippen molar-refractivity contribution in [3.05, 3.63) is 16.2 Å². The van der Waals surface area contributed by atoms with Crippen molar-refractivity contribution in [2.45, 2.75) is 23.7 Å². The Morgan fingerprint density at radius 3 is 2.76 bits per heavy atom. The van der Waals surface area contributed by atoms with Crippen LogP contribution < -0.4 is 10.0 Å². The molecule has 0 amide bonds. The molecule has 2 unspecified atom stereocenters. The maximum Gasteiger partial charge on any atom is 0.304 e. The van der Waals surface area contributed by atoms with Crippen LogP contribution >= 0.6 is 11.3 Å². The monoisotopic (exact) mass is 335 g/mol. The molecule has 1 saturated heterocycles. The zero-order valence-electron chi connectivity index (χ0n) is 11.7. The van der Waals surface area contributed by atoms with E-state index in [1.165, 1.54) is 7.05 Å². The van der Waals surface area contributed by atoms with E-state index in [-0.39, 0.29) is 33.5 Å². The van der Waals surface area contributed by atoms with E-state index in [0.717, 1.165) is 23.8 Å². The van der Waals surface area contributed by atoms with Gasteiger partial charge in [-0.2, -0.15) is 0 Å². The Bertz CT molecular complexity index is 628. The van der Waals surface area contributed by atoms with Crippen LogP contribution in [0.15, 0.2) is 10.3 Å². The summed E-state index contributed by atoms with van der Waals surface area (Å²) in [5, 5.41) is 13.7. The van der Waals surface area contributed by atoms with Crippen LogP contribution in [0.4, 0.5) is 10.7 Å². The first-order chi connectivity index (χ1) is 9.85. The molecule has 1 aromatic rings. The molecule has 0 saturated carbocycles. The summed E-state index contributed by atoms with van der Waals surface area (Å²) < 4.78 is 32.2. The highest BCUT2D eigenvalue weighted by atomic mass is 32.2. The van der Waals surface area contributed by atoms with Crippen LogP contribution in [-0.2, 0) is 14.8 Å². The minimum absolute atomic E-state index is 0.0123. The second-order valence-electron chi connectivity index (χ2n) is 4.76. The van der Waals surface area contributed by atoms with E-state index in [2.05, 4.69) is 10.0 Å². The first-order valence-corrected chi connectivity index (χ1v) is 8.72. The molecule has 0 radical (unpaired) electrons. The van der Waals surface area contributed by atoms with Gasteiger partial charge in [-0.15, -0.1) is 0 Å². The summed E-state index contributed by atoms with van der Waals surface area (Å²) >= 11 is 0.844. The summed E-state index contributed by atoms with van der Waals surface area (Å²) in [5.74, 6) is 0.124. The van der Waals surface area contributed by atoms with Crippen molar-refractivity contribution in [1.82, 2.24) is 4.72 Å². The van der Waals surface area contributed by atoms with E-state index < -0.39 is 14.9 Å². The number of nitrogens with one attached hydrogen (secondary N) is 2. The maximum absolute atomic E-state index is 12.2. The summed E-state index contributed by atoms with van der Waals surface area (Å²) in [6.07, 6.45) is 0.814. The van der Waals surface area contributed by atoms with Gasteiger partial charge in [-0.1, -0.05) is 11.3 Å². The number of anilines is 1. The highest BCUT2D eigenvalue weighted by Crippen LogP contribution is 2.36. The van der Waals surface area contributed by atoms with Crippen LogP contribution in [-0.4, -0.2) is 39.6 Å². The Morgan fingerprint density at radius 2 is 2.29 bits per heavy atom. The molecule has 118 valence electrons. The van der Waals surface area contributed by atoms with Crippen molar-refractivity contribution < 1.29 is 18.1 Å². The summed E-state index contributed by atoms with van der Waals surface area (Å²) in [7, 11) is -2.23. The summed E-state index contributed by atoms with van der Waals surface area (Å²) in [6, 6.07) is 1.08. The molecule has 0 bridgehead atoms. The molecule has 8 nitrogen and oxygen atoms in total. The van der Waals surface area contributed by atoms with E-state index in [1.807, 2.05) is 6.92 Å². The van der Waals surface area contributed by atoms with Crippen LogP contribution in [0.3, 0.4) is 0 Å². The highest BCUT2D eigenvalue weighted by molar-refractivity contribution is 7.91. The molecule has 21 heavy (non-hydrogen) atoms. The lowest BCUT2D eigenvalue weighted by Crippen LogP contribution is -2.31. The fourth-order valence-electron chi connectivity index (χ4n) is 2.14. The topological polar surface area (TPSA) is 111 Å². The van der Waals surface area contributed by atoms with Gasteiger partial charge in [0, 0.05) is 32.2 Å². The van der Waals surface area contributed by atoms with E-state index in [9.17, 15) is 18.5 Å². The fraction of sp³-hybridized carbons (Fsp3) is 0.636. The third-order valence-corrected chi connectivity index (χ3v) is 6.49. The Labute approximate surface area is 126 Å². The van der Waals surface area contributed by atoms with Crippen LogP contribution in [0.25, 0.3) is 0 Å². The normalized spacial score (nSPS) is 22.4. The fourth-order valence-corrected chi connectivity index (χ4v) is 4.56. The molecule has 1 fully saturated rings. The SMILES string of the molecule is CNc1sc(S(=O)(=O)NCC2CCOC2C)cc1[N+](=O)[O-]. The summed E-state index contributed by atoms with van der Waals surface area (Å²) in [4.78, 5) is 10.3. The number of hydrogen-bond acceptors (Lipinski definition) is 7. The van der Waals surface area contributed by atoms with Gasteiger partial charge in [0.1, 0.15) is 4.21 Å². The largest absolute Gasteiger partial charge is 0.378 e. The molecule has 1 aromatic heterocycles. The van der Waals surface area contributed by atoms with Crippen LogP contribution in [0.2, 0.25) is 0 Å². The van der Waals surface area contributed by atoms with E-state index >= 15 is 0 Å². The van der Waals surface area contributed by atoms with Crippen molar-refractivity contribution >= 4 is 32.0 Å². The Hall–Kier alpha value is -1.23. The molecule has 2 atom stereocenters. The van der Waals surface area contributed by atoms with Gasteiger partial charge in [-0.05, 0) is 13.3 Å². The Kier molecular flexibility index (Phi) is 4.81. The standard InChI is InChI=1S/C11H17N3O5S2/c1-7-8(3-4-19-7)6-13-21(17,18)10-5-9(14(15)16)11(12-2)20-10/h5,7-8,12-13H,3-4,6H2,1-2H3. The van der Waals surface area contributed by atoms with Crippen LogP contribution in [0.5, 0.6) is 0 Å². The molecule has 2 N–H and O–H groups in total. The van der Waals surface area contributed by atoms with E-state index in [0.29, 0.717) is 6.61 Å². The highest BCUT2D eigenvalue weighted by Gasteiger charge is 2.29. The van der Waals surface area contributed by atoms with Crippen molar-refractivity contribution in [3.8, 4) is 0 Å². The Balaban J connectivity index is 2.14. The second kappa shape index (κ2) is 6.26. The van der Waals surface area contributed by atoms with Crippen molar-refractivity contribution in [3.63, 3.8) is 0 Å².